The number of aromatic nitrogens is 2. The molecule has 2 N–H and O–H groups in total. The number of halogens is 4. The molecule has 0 spiro atoms. The number of unbranched alkanes of at least 4 members (excludes halogenated alkanes) is 2. The summed E-state index contributed by atoms with van der Waals surface area (Å²) in [6, 6.07) is 10.2. The highest BCUT2D eigenvalue weighted by Crippen LogP contribution is 2.41. The summed E-state index contributed by atoms with van der Waals surface area (Å²) in [5.74, 6) is -0.809. The smallest absolute Gasteiger partial charge is 0.420 e. The minimum Gasteiger partial charge on any atom is -0.506 e. The number of benzene rings is 2. The molecule has 4 rings (SSSR count). The van der Waals surface area contributed by atoms with Crippen LogP contribution in [0.1, 0.15) is 81.9 Å². The second-order valence-corrected chi connectivity index (χ2v) is 11.0. The SMILES string of the molecule is CC(=O)[C@H](CCCCCC1CCC(n2c(=O)[nH]c3ccccc32)CC1)Cc1cc(Cl)c(O)c(C(F)(F)F)c1. The van der Waals surface area contributed by atoms with Crippen molar-refractivity contribution >= 4 is 28.4 Å². The van der Waals surface area contributed by atoms with E-state index in [0.29, 0.717) is 17.9 Å². The summed E-state index contributed by atoms with van der Waals surface area (Å²) in [7, 11) is 0. The van der Waals surface area contributed by atoms with E-state index in [1.165, 1.54) is 13.0 Å². The Bertz CT molecular complexity index is 1320. The quantitative estimate of drug-likeness (QED) is 0.252. The lowest BCUT2D eigenvalue weighted by atomic mass is 9.82. The molecule has 0 radical (unpaired) electrons. The maximum Gasteiger partial charge on any atom is 0.420 e. The van der Waals surface area contributed by atoms with E-state index in [1.54, 1.807) is 0 Å². The lowest BCUT2D eigenvalue weighted by Gasteiger charge is -2.29. The van der Waals surface area contributed by atoms with Gasteiger partial charge >= 0.3 is 11.9 Å². The molecule has 9 heteroatoms. The maximum absolute atomic E-state index is 13.2. The predicted octanol–water partition coefficient (Wildman–Crippen LogP) is 7.84. The molecule has 0 aliphatic heterocycles. The number of H-pyrrole nitrogens is 1. The Labute approximate surface area is 225 Å². The summed E-state index contributed by atoms with van der Waals surface area (Å²) in [6.07, 6.45) is 4.07. The highest BCUT2D eigenvalue weighted by atomic mass is 35.5. The van der Waals surface area contributed by atoms with Gasteiger partial charge in [-0.25, -0.2) is 4.79 Å². The van der Waals surface area contributed by atoms with Crippen molar-refractivity contribution in [3.63, 3.8) is 0 Å². The predicted molar refractivity (Wildman–Crippen MR) is 143 cm³/mol. The van der Waals surface area contributed by atoms with Gasteiger partial charge in [-0.1, -0.05) is 49.4 Å². The number of imidazole rings is 1. The van der Waals surface area contributed by atoms with Gasteiger partial charge in [0.1, 0.15) is 11.5 Å². The molecule has 5 nitrogen and oxygen atoms in total. The van der Waals surface area contributed by atoms with E-state index in [-0.39, 0.29) is 34.9 Å². The van der Waals surface area contributed by atoms with E-state index in [1.807, 2.05) is 28.8 Å². The zero-order valence-corrected chi connectivity index (χ0v) is 22.2. The van der Waals surface area contributed by atoms with Crippen LogP contribution in [0.5, 0.6) is 5.75 Å². The molecule has 2 aromatic carbocycles. The third-order valence-corrected chi connectivity index (χ3v) is 8.24. The highest BCUT2D eigenvalue weighted by molar-refractivity contribution is 6.32. The van der Waals surface area contributed by atoms with Crippen molar-refractivity contribution in [2.45, 2.75) is 83.4 Å². The summed E-state index contributed by atoms with van der Waals surface area (Å²) in [6.45, 7) is 1.47. The van der Waals surface area contributed by atoms with Gasteiger partial charge in [-0.05, 0) is 81.2 Å². The number of hydrogen-bond donors (Lipinski definition) is 2. The van der Waals surface area contributed by atoms with Gasteiger partial charge in [0.25, 0.3) is 0 Å². The number of aromatic amines is 1. The van der Waals surface area contributed by atoms with Crippen LogP contribution in [0.4, 0.5) is 13.2 Å². The van der Waals surface area contributed by atoms with Gasteiger partial charge < -0.3 is 10.1 Å². The third-order valence-electron chi connectivity index (χ3n) is 7.96. The summed E-state index contributed by atoms with van der Waals surface area (Å²) in [5.41, 5.74) is 0.917. The van der Waals surface area contributed by atoms with Gasteiger partial charge in [-0.15, -0.1) is 0 Å². The first kappa shape index (κ1) is 28.3. The molecule has 1 aromatic heterocycles. The van der Waals surface area contributed by atoms with E-state index < -0.39 is 17.5 Å². The number of carbonyl (C=O) groups excluding carboxylic acids is 1. The second-order valence-electron chi connectivity index (χ2n) is 10.6. The number of phenolic OH excluding ortho intramolecular Hbond substituents is 1. The number of carbonyl (C=O) groups is 1. The Morgan fingerprint density at radius 1 is 1.13 bits per heavy atom. The fourth-order valence-corrected chi connectivity index (χ4v) is 6.09. The number of para-hydroxylation sites is 2. The highest BCUT2D eigenvalue weighted by Gasteiger charge is 2.35. The van der Waals surface area contributed by atoms with Crippen molar-refractivity contribution in [1.82, 2.24) is 9.55 Å². The first-order chi connectivity index (χ1) is 18.0. The Hall–Kier alpha value is -2.74. The van der Waals surface area contributed by atoms with Crippen molar-refractivity contribution in [3.05, 3.63) is 63.0 Å². The number of hydrogen-bond acceptors (Lipinski definition) is 3. The van der Waals surface area contributed by atoms with E-state index >= 15 is 0 Å². The number of aromatic hydroxyl groups is 1. The lowest BCUT2D eigenvalue weighted by molar-refractivity contribution is -0.138. The molecule has 1 heterocycles. The maximum atomic E-state index is 13.2. The Balaban J connectivity index is 1.23. The number of nitrogens with one attached hydrogen (secondary N) is 1. The van der Waals surface area contributed by atoms with E-state index in [2.05, 4.69) is 4.98 Å². The number of Topliss-reactive ketones (excluding diaryl/α,β-unsaturated/α-hetero) is 1. The van der Waals surface area contributed by atoms with Gasteiger partial charge in [-0.3, -0.25) is 9.36 Å². The summed E-state index contributed by atoms with van der Waals surface area (Å²) < 4.78 is 41.6. The van der Waals surface area contributed by atoms with Crippen LogP contribution < -0.4 is 5.69 Å². The van der Waals surface area contributed by atoms with Crippen LogP contribution in [0.3, 0.4) is 0 Å². The normalized spacial score (nSPS) is 19.1. The molecule has 1 aliphatic carbocycles. The monoisotopic (exact) mass is 550 g/mol. The minimum atomic E-state index is -4.72. The molecule has 38 heavy (non-hydrogen) atoms. The molecular weight excluding hydrogens is 517 g/mol. The first-order valence-electron chi connectivity index (χ1n) is 13.3. The van der Waals surface area contributed by atoms with Crippen molar-refractivity contribution in [2.24, 2.45) is 11.8 Å². The van der Waals surface area contributed by atoms with Crippen LogP contribution in [-0.4, -0.2) is 20.4 Å². The van der Waals surface area contributed by atoms with Crippen LogP contribution in [0.2, 0.25) is 5.02 Å². The van der Waals surface area contributed by atoms with Crippen LogP contribution >= 0.6 is 11.6 Å². The number of ketones is 1. The van der Waals surface area contributed by atoms with E-state index in [0.717, 1.165) is 68.5 Å². The molecule has 1 aliphatic rings. The molecular formula is C29H34ClF3N2O3. The topological polar surface area (TPSA) is 75.1 Å². The number of alkyl halides is 3. The average molecular weight is 551 g/mol. The number of phenols is 1. The molecule has 0 bridgehead atoms. The van der Waals surface area contributed by atoms with Crippen LogP contribution in [0, 0.1) is 11.8 Å². The van der Waals surface area contributed by atoms with Crippen molar-refractivity contribution in [3.8, 4) is 5.75 Å². The number of rotatable bonds is 10. The molecule has 0 unspecified atom stereocenters. The summed E-state index contributed by atoms with van der Waals surface area (Å²) in [5, 5.41) is 9.33. The van der Waals surface area contributed by atoms with Gasteiger partial charge in [0, 0.05) is 12.0 Å². The zero-order valence-electron chi connectivity index (χ0n) is 21.5. The Kier molecular flexibility index (Phi) is 8.91. The van der Waals surface area contributed by atoms with Gasteiger partial charge in [0.15, 0.2) is 0 Å². The standard InChI is InChI=1S/C29H34ClF3N2O3/c1-18(36)21(15-20-16-23(29(31,32)33)27(37)24(30)17-20)8-4-2-3-7-19-11-13-22(14-12-19)35-26-10-6-5-9-25(26)34-28(35)38/h5-6,9-10,16-17,19,21-22,37H,2-4,7-8,11-15H2,1H3,(H,34,38)/t19?,21-,22?/m1/s1. The minimum absolute atomic E-state index is 0.0427. The van der Waals surface area contributed by atoms with Crippen LogP contribution in [0.25, 0.3) is 11.0 Å². The number of nitrogens with zero attached hydrogens (tertiary/aromatic N) is 1. The Morgan fingerprint density at radius 3 is 2.53 bits per heavy atom. The average Bonchev–Trinajstić information content (AvgIpc) is 3.20. The molecule has 1 atom stereocenters. The largest absolute Gasteiger partial charge is 0.506 e. The molecule has 206 valence electrons. The fraction of sp³-hybridized carbons (Fsp3) is 0.517. The van der Waals surface area contributed by atoms with Gasteiger partial charge in [0.05, 0.1) is 21.6 Å². The molecule has 0 saturated heterocycles. The summed E-state index contributed by atoms with van der Waals surface area (Å²) >= 11 is 5.83. The van der Waals surface area contributed by atoms with Crippen molar-refractivity contribution in [1.29, 1.82) is 0 Å². The molecule has 1 saturated carbocycles. The fourth-order valence-electron chi connectivity index (χ4n) is 5.85. The molecule has 1 fully saturated rings. The van der Waals surface area contributed by atoms with Crippen LogP contribution in [0.15, 0.2) is 41.2 Å². The Morgan fingerprint density at radius 2 is 1.84 bits per heavy atom. The molecule has 0 amide bonds. The van der Waals surface area contributed by atoms with E-state index in [4.69, 9.17) is 11.6 Å². The zero-order chi connectivity index (χ0) is 27.4. The van der Waals surface area contributed by atoms with Gasteiger partial charge in [-0.2, -0.15) is 13.2 Å². The lowest BCUT2D eigenvalue weighted by Crippen LogP contribution is -2.26. The molecule has 3 aromatic rings. The van der Waals surface area contributed by atoms with Crippen molar-refractivity contribution < 1.29 is 23.1 Å². The van der Waals surface area contributed by atoms with Crippen molar-refractivity contribution in [2.75, 3.05) is 0 Å². The number of fused-ring (bicyclic) bond motifs is 1. The second kappa shape index (κ2) is 12.0. The third kappa shape index (κ3) is 6.63. The van der Waals surface area contributed by atoms with Crippen LogP contribution in [-0.2, 0) is 17.4 Å². The first-order valence-corrected chi connectivity index (χ1v) is 13.7. The van der Waals surface area contributed by atoms with Gasteiger partial charge in [0.2, 0.25) is 0 Å². The summed E-state index contributed by atoms with van der Waals surface area (Å²) in [4.78, 5) is 27.6. The van der Waals surface area contributed by atoms with E-state index in [9.17, 15) is 27.9 Å².